The van der Waals surface area contributed by atoms with E-state index in [0.29, 0.717) is 11.1 Å². The average molecular weight is 182 g/mol. The van der Waals surface area contributed by atoms with Crippen LogP contribution >= 0.6 is 0 Å². The van der Waals surface area contributed by atoms with Gasteiger partial charge in [-0.1, -0.05) is 18.2 Å². The minimum absolute atomic E-state index is 0.0274. The second-order valence-corrected chi connectivity index (χ2v) is 2.94. The molecule has 0 radical (unpaired) electrons. The van der Waals surface area contributed by atoms with Crippen molar-refractivity contribution < 1.29 is 14.3 Å². The fourth-order valence-electron chi connectivity index (χ4n) is 1.14. The van der Waals surface area contributed by atoms with E-state index < -0.39 is 5.97 Å². The summed E-state index contributed by atoms with van der Waals surface area (Å²) in [4.78, 5) is 10.2. The number of carbonyl (C=O) groups is 1. The Labute approximate surface area is 76.0 Å². The summed E-state index contributed by atoms with van der Waals surface area (Å²) in [6, 6.07) is 5.01. The highest BCUT2D eigenvalue weighted by Gasteiger charge is 2.06. The van der Waals surface area contributed by atoms with Crippen molar-refractivity contribution in [2.75, 3.05) is 0 Å². The molecular formula is C10H11FO2. The molecule has 0 fully saturated rings. The average Bonchev–Trinajstić information content (AvgIpc) is 2.07. The Bertz CT molecular complexity index is 321. The van der Waals surface area contributed by atoms with Gasteiger partial charge < -0.3 is 5.11 Å². The molecule has 0 saturated carbocycles. The number of aliphatic carboxylic acids is 1. The molecule has 1 N–H and O–H groups in total. The number of halogens is 1. The van der Waals surface area contributed by atoms with Crippen LogP contribution in [0.5, 0.6) is 0 Å². The van der Waals surface area contributed by atoms with E-state index in [1.54, 1.807) is 25.1 Å². The molecule has 2 nitrogen and oxygen atoms in total. The zero-order chi connectivity index (χ0) is 9.84. The van der Waals surface area contributed by atoms with Gasteiger partial charge in [-0.15, -0.1) is 0 Å². The van der Waals surface area contributed by atoms with Crippen molar-refractivity contribution in [1.82, 2.24) is 0 Å². The van der Waals surface area contributed by atoms with E-state index in [1.165, 1.54) is 0 Å². The summed E-state index contributed by atoms with van der Waals surface area (Å²) in [6.45, 7) is 1.67. The van der Waals surface area contributed by atoms with Crippen molar-refractivity contribution in [2.24, 2.45) is 0 Å². The Morgan fingerprint density at radius 3 is 2.85 bits per heavy atom. The van der Waals surface area contributed by atoms with Crippen molar-refractivity contribution in [3.05, 3.63) is 35.1 Å². The molecule has 13 heavy (non-hydrogen) atoms. The summed E-state index contributed by atoms with van der Waals surface area (Å²) in [6.07, 6.45) is 0.225. The quantitative estimate of drug-likeness (QED) is 0.777. The van der Waals surface area contributed by atoms with Crippen LogP contribution in [0, 0.1) is 12.7 Å². The molecule has 0 bridgehead atoms. The van der Waals surface area contributed by atoms with Gasteiger partial charge in [0.15, 0.2) is 0 Å². The van der Waals surface area contributed by atoms with Gasteiger partial charge in [0, 0.05) is 6.42 Å². The van der Waals surface area contributed by atoms with Gasteiger partial charge in [-0.3, -0.25) is 4.79 Å². The maximum atomic E-state index is 13.3. The topological polar surface area (TPSA) is 37.3 Å². The van der Waals surface area contributed by atoms with Crippen molar-refractivity contribution >= 4 is 5.97 Å². The zero-order valence-corrected chi connectivity index (χ0v) is 7.38. The number of carboxylic acids is 1. The van der Waals surface area contributed by atoms with Crippen LogP contribution in [0.25, 0.3) is 0 Å². The largest absolute Gasteiger partial charge is 0.481 e. The maximum Gasteiger partial charge on any atom is 0.303 e. The fourth-order valence-corrected chi connectivity index (χ4v) is 1.14. The molecule has 0 heterocycles. The van der Waals surface area contributed by atoms with Gasteiger partial charge in [0.05, 0.1) is 0 Å². The van der Waals surface area contributed by atoms with Gasteiger partial charge in [-0.25, -0.2) is 4.39 Å². The van der Waals surface area contributed by atoms with E-state index >= 15 is 0 Å². The second kappa shape index (κ2) is 4.03. The first-order valence-corrected chi connectivity index (χ1v) is 4.07. The van der Waals surface area contributed by atoms with E-state index in [0.717, 1.165) is 0 Å². The molecular weight excluding hydrogens is 171 g/mol. The first-order valence-electron chi connectivity index (χ1n) is 4.07. The molecule has 70 valence electrons. The number of hydrogen-bond acceptors (Lipinski definition) is 1. The monoisotopic (exact) mass is 182 g/mol. The summed E-state index contributed by atoms with van der Waals surface area (Å²) in [5.41, 5.74) is 1.03. The smallest absolute Gasteiger partial charge is 0.303 e. The second-order valence-electron chi connectivity index (χ2n) is 2.94. The number of hydrogen-bond donors (Lipinski definition) is 1. The number of carboxylic acid groups (broad SMARTS) is 1. The number of benzene rings is 1. The summed E-state index contributed by atoms with van der Waals surface area (Å²) < 4.78 is 13.3. The third-order valence-corrected chi connectivity index (χ3v) is 1.88. The molecule has 0 unspecified atom stereocenters. The molecule has 0 aliphatic heterocycles. The predicted molar refractivity (Wildman–Crippen MR) is 47.1 cm³/mol. The van der Waals surface area contributed by atoms with Gasteiger partial charge >= 0.3 is 5.97 Å². The van der Waals surface area contributed by atoms with Crippen molar-refractivity contribution in [1.29, 1.82) is 0 Å². The SMILES string of the molecule is Cc1cccc(CCC(=O)O)c1F. The molecule has 0 atom stereocenters. The third kappa shape index (κ3) is 2.54. The highest BCUT2D eigenvalue weighted by molar-refractivity contribution is 5.67. The molecule has 1 aromatic rings. The Morgan fingerprint density at radius 2 is 2.23 bits per heavy atom. The van der Waals surface area contributed by atoms with Crippen LogP contribution in [0.1, 0.15) is 17.5 Å². The highest BCUT2D eigenvalue weighted by atomic mass is 19.1. The molecule has 0 aliphatic carbocycles. The molecule has 0 saturated heterocycles. The van der Waals surface area contributed by atoms with Gasteiger partial charge in [0.25, 0.3) is 0 Å². The molecule has 0 aliphatic rings. The predicted octanol–water partition coefficient (Wildman–Crippen LogP) is 2.15. The van der Waals surface area contributed by atoms with Crippen LogP contribution in [0.3, 0.4) is 0 Å². The number of rotatable bonds is 3. The van der Waals surface area contributed by atoms with E-state index in [1.807, 2.05) is 0 Å². The van der Waals surface area contributed by atoms with Gasteiger partial charge in [0.2, 0.25) is 0 Å². The van der Waals surface area contributed by atoms with E-state index in [4.69, 9.17) is 5.11 Å². The Hall–Kier alpha value is -1.38. The van der Waals surface area contributed by atoms with E-state index in [-0.39, 0.29) is 18.7 Å². The minimum atomic E-state index is -0.902. The molecule has 0 amide bonds. The molecule has 1 rings (SSSR count). The Balaban J connectivity index is 2.77. The van der Waals surface area contributed by atoms with Gasteiger partial charge in [-0.05, 0) is 24.5 Å². The van der Waals surface area contributed by atoms with Crippen molar-refractivity contribution in [2.45, 2.75) is 19.8 Å². The number of aryl methyl sites for hydroxylation is 2. The van der Waals surface area contributed by atoms with Crippen LogP contribution in [0.4, 0.5) is 4.39 Å². The summed E-state index contributed by atoms with van der Waals surface area (Å²) in [5, 5.41) is 8.41. The summed E-state index contributed by atoms with van der Waals surface area (Å²) in [5.74, 6) is -1.19. The Morgan fingerprint density at radius 1 is 1.54 bits per heavy atom. The molecule has 0 aromatic heterocycles. The van der Waals surface area contributed by atoms with Crippen molar-refractivity contribution in [3.8, 4) is 0 Å². The van der Waals surface area contributed by atoms with Crippen LogP contribution < -0.4 is 0 Å². The van der Waals surface area contributed by atoms with Gasteiger partial charge in [0.1, 0.15) is 5.82 Å². The normalized spacial score (nSPS) is 10.0. The molecule has 0 spiro atoms. The van der Waals surface area contributed by atoms with E-state index in [2.05, 4.69) is 0 Å². The van der Waals surface area contributed by atoms with E-state index in [9.17, 15) is 9.18 Å². The minimum Gasteiger partial charge on any atom is -0.481 e. The maximum absolute atomic E-state index is 13.3. The van der Waals surface area contributed by atoms with Crippen LogP contribution in [-0.4, -0.2) is 11.1 Å². The molecule has 1 aromatic carbocycles. The first-order chi connectivity index (χ1) is 6.11. The fraction of sp³-hybridized carbons (Fsp3) is 0.300. The lowest BCUT2D eigenvalue weighted by Crippen LogP contribution is -2.00. The standard InChI is InChI=1S/C10H11FO2/c1-7-3-2-4-8(10(7)11)5-6-9(12)13/h2-4H,5-6H2,1H3,(H,12,13). The third-order valence-electron chi connectivity index (χ3n) is 1.88. The lowest BCUT2D eigenvalue weighted by molar-refractivity contribution is -0.136. The first kappa shape index (κ1) is 9.71. The lowest BCUT2D eigenvalue weighted by atomic mass is 10.1. The van der Waals surface area contributed by atoms with Gasteiger partial charge in [-0.2, -0.15) is 0 Å². The lowest BCUT2D eigenvalue weighted by Gasteiger charge is -2.02. The van der Waals surface area contributed by atoms with Crippen LogP contribution in [0.2, 0.25) is 0 Å². The highest BCUT2D eigenvalue weighted by Crippen LogP contribution is 2.13. The van der Waals surface area contributed by atoms with Crippen LogP contribution in [-0.2, 0) is 11.2 Å². The summed E-state index contributed by atoms with van der Waals surface area (Å²) in [7, 11) is 0. The zero-order valence-electron chi connectivity index (χ0n) is 7.38. The van der Waals surface area contributed by atoms with Crippen molar-refractivity contribution in [3.63, 3.8) is 0 Å². The Kier molecular flexibility index (Phi) is 3.01. The van der Waals surface area contributed by atoms with Crippen LogP contribution in [0.15, 0.2) is 18.2 Å². The molecule has 3 heteroatoms. The summed E-state index contributed by atoms with van der Waals surface area (Å²) >= 11 is 0.